The molecule has 1 amide bonds. The number of amides is 1. The molecule has 2 N–H and O–H groups in total. The van der Waals surface area contributed by atoms with Crippen molar-refractivity contribution < 1.29 is 19.4 Å². The molecule has 5 heteroatoms. The number of carboxylic acids is 1. The lowest BCUT2D eigenvalue weighted by Gasteiger charge is -2.21. The predicted octanol–water partition coefficient (Wildman–Crippen LogP) is 0.250. The maximum absolute atomic E-state index is 11.6. The van der Waals surface area contributed by atoms with Crippen molar-refractivity contribution in [2.24, 2.45) is 17.3 Å². The normalized spacial score (nSPS) is 37.1. The lowest BCUT2D eigenvalue weighted by Crippen LogP contribution is -2.37. The Morgan fingerprint density at radius 3 is 2.75 bits per heavy atom. The van der Waals surface area contributed by atoms with Crippen LogP contribution in [0, 0.1) is 17.3 Å². The number of hydrogen-bond donors (Lipinski definition) is 2. The molecule has 0 aromatic carbocycles. The molecule has 2 rings (SSSR count). The largest absolute Gasteiger partial charge is 0.481 e. The van der Waals surface area contributed by atoms with Crippen LogP contribution in [0.5, 0.6) is 0 Å². The summed E-state index contributed by atoms with van der Waals surface area (Å²) in [6.07, 6.45) is 1.43. The molecule has 2 aliphatic rings. The number of rotatable bonds is 4. The van der Waals surface area contributed by atoms with Crippen molar-refractivity contribution in [1.82, 2.24) is 5.32 Å². The second-order valence-corrected chi connectivity index (χ2v) is 5.12. The van der Waals surface area contributed by atoms with E-state index in [0.717, 1.165) is 13.0 Å². The summed E-state index contributed by atoms with van der Waals surface area (Å²) in [5.74, 6) is -1.77. The Labute approximate surface area is 94.2 Å². The average Bonchev–Trinajstić information content (AvgIpc) is 2.93. The summed E-state index contributed by atoms with van der Waals surface area (Å²) in [7, 11) is 0. The molecule has 1 heterocycles. The highest BCUT2D eigenvalue weighted by atomic mass is 16.5. The first kappa shape index (κ1) is 11.4. The summed E-state index contributed by atoms with van der Waals surface area (Å²) in [6, 6.07) is 0. The topological polar surface area (TPSA) is 75.6 Å². The van der Waals surface area contributed by atoms with Gasteiger partial charge in [0.25, 0.3) is 0 Å². The van der Waals surface area contributed by atoms with Crippen LogP contribution in [-0.4, -0.2) is 36.7 Å². The monoisotopic (exact) mass is 227 g/mol. The van der Waals surface area contributed by atoms with Gasteiger partial charge in [0.1, 0.15) is 0 Å². The van der Waals surface area contributed by atoms with Gasteiger partial charge in [0.05, 0.1) is 18.4 Å². The van der Waals surface area contributed by atoms with E-state index in [2.05, 4.69) is 12.2 Å². The molecule has 2 fully saturated rings. The molecule has 3 atom stereocenters. The van der Waals surface area contributed by atoms with E-state index in [-0.39, 0.29) is 17.2 Å². The predicted molar refractivity (Wildman–Crippen MR) is 55.8 cm³/mol. The molecule has 0 spiro atoms. The third-order valence-electron chi connectivity index (χ3n) is 3.43. The fourth-order valence-corrected chi connectivity index (χ4v) is 2.04. The zero-order chi connectivity index (χ0) is 11.8. The summed E-state index contributed by atoms with van der Waals surface area (Å²) in [4.78, 5) is 22.2. The van der Waals surface area contributed by atoms with Crippen molar-refractivity contribution >= 4 is 11.9 Å². The molecule has 0 bridgehead atoms. The molecule has 0 radical (unpaired) electrons. The molecule has 90 valence electrons. The van der Waals surface area contributed by atoms with Crippen LogP contribution >= 0.6 is 0 Å². The molecular weight excluding hydrogens is 210 g/mol. The van der Waals surface area contributed by atoms with Crippen LogP contribution in [0.1, 0.15) is 19.8 Å². The Bertz CT molecular complexity index is 309. The Morgan fingerprint density at radius 1 is 1.50 bits per heavy atom. The summed E-state index contributed by atoms with van der Waals surface area (Å²) < 4.78 is 5.28. The number of nitrogens with one attached hydrogen (secondary N) is 1. The Morgan fingerprint density at radius 2 is 2.25 bits per heavy atom. The zero-order valence-electron chi connectivity index (χ0n) is 9.36. The molecule has 1 aliphatic heterocycles. The SMILES string of the molecule is CC1(CNC(=O)C2CC2C(=O)O)CCOC1. The van der Waals surface area contributed by atoms with Gasteiger partial charge >= 0.3 is 5.97 Å². The standard InChI is InChI=1S/C11H17NO4/c1-11(2-3-16-6-11)5-12-9(13)7-4-8(7)10(14)15/h7-8H,2-6H2,1H3,(H,12,13)(H,14,15). The van der Waals surface area contributed by atoms with Crippen LogP contribution in [0.3, 0.4) is 0 Å². The lowest BCUT2D eigenvalue weighted by molar-refractivity contribution is -0.140. The van der Waals surface area contributed by atoms with Gasteiger partial charge in [0, 0.05) is 18.6 Å². The summed E-state index contributed by atoms with van der Waals surface area (Å²) >= 11 is 0. The number of carbonyl (C=O) groups is 2. The average molecular weight is 227 g/mol. The smallest absolute Gasteiger partial charge is 0.307 e. The first-order valence-electron chi connectivity index (χ1n) is 5.60. The molecule has 5 nitrogen and oxygen atoms in total. The third-order valence-corrected chi connectivity index (χ3v) is 3.43. The van der Waals surface area contributed by atoms with Crippen LogP contribution in [0.2, 0.25) is 0 Å². The van der Waals surface area contributed by atoms with E-state index in [9.17, 15) is 9.59 Å². The van der Waals surface area contributed by atoms with Crippen LogP contribution < -0.4 is 5.32 Å². The van der Waals surface area contributed by atoms with Crippen molar-refractivity contribution in [1.29, 1.82) is 0 Å². The Kier molecular flexibility index (Phi) is 2.88. The molecule has 1 saturated heterocycles. The van der Waals surface area contributed by atoms with Crippen LogP contribution in [0.15, 0.2) is 0 Å². The van der Waals surface area contributed by atoms with E-state index in [4.69, 9.17) is 9.84 Å². The maximum atomic E-state index is 11.6. The van der Waals surface area contributed by atoms with E-state index < -0.39 is 11.9 Å². The van der Waals surface area contributed by atoms with Gasteiger partial charge in [0.2, 0.25) is 5.91 Å². The van der Waals surface area contributed by atoms with Gasteiger partial charge in [-0.1, -0.05) is 6.92 Å². The second-order valence-electron chi connectivity index (χ2n) is 5.12. The van der Waals surface area contributed by atoms with Crippen LogP contribution in [0.25, 0.3) is 0 Å². The van der Waals surface area contributed by atoms with Crippen LogP contribution in [0.4, 0.5) is 0 Å². The minimum absolute atomic E-state index is 0.0171. The summed E-state index contributed by atoms with van der Waals surface area (Å²) in [6.45, 7) is 4.06. The molecular formula is C11H17NO4. The fourth-order valence-electron chi connectivity index (χ4n) is 2.04. The number of ether oxygens (including phenoxy) is 1. The minimum Gasteiger partial charge on any atom is -0.481 e. The first-order valence-corrected chi connectivity index (χ1v) is 5.60. The fraction of sp³-hybridized carbons (Fsp3) is 0.818. The minimum atomic E-state index is -0.865. The number of carboxylic acid groups (broad SMARTS) is 1. The maximum Gasteiger partial charge on any atom is 0.307 e. The van der Waals surface area contributed by atoms with Crippen molar-refractivity contribution in [3.05, 3.63) is 0 Å². The molecule has 0 aromatic heterocycles. The quantitative estimate of drug-likeness (QED) is 0.722. The van der Waals surface area contributed by atoms with Crippen molar-refractivity contribution in [3.8, 4) is 0 Å². The van der Waals surface area contributed by atoms with Gasteiger partial charge in [-0.2, -0.15) is 0 Å². The Hall–Kier alpha value is -1.10. The first-order chi connectivity index (χ1) is 7.52. The zero-order valence-corrected chi connectivity index (χ0v) is 9.36. The molecule has 1 saturated carbocycles. The highest BCUT2D eigenvalue weighted by Gasteiger charge is 2.48. The molecule has 0 aromatic rings. The van der Waals surface area contributed by atoms with E-state index in [1.54, 1.807) is 0 Å². The second kappa shape index (κ2) is 4.05. The van der Waals surface area contributed by atoms with Gasteiger partial charge in [-0.3, -0.25) is 9.59 Å². The van der Waals surface area contributed by atoms with E-state index >= 15 is 0 Å². The Balaban J connectivity index is 1.75. The molecule has 1 aliphatic carbocycles. The molecule has 16 heavy (non-hydrogen) atoms. The van der Waals surface area contributed by atoms with Gasteiger partial charge in [-0.25, -0.2) is 0 Å². The summed E-state index contributed by atoms with van der Waals surface area (Å²) in [5.41, 5.74) is 0.0171. The van der Waals surface area contributed by atoms with Crippen molar-refractivity contribution in [3.63, 3.8) is 0 Å². The van der Waals surface area contributed by atoms with Gasteiger partial charge < -0.3 is 15.2 Å². The lowest BCUT2D eigenvalue weighted by atomic mass is 9.90. The third kappa shape index (κ3) is 2.35. The number of hydrogen-bond acceptors (Lipinski definition) is 3. The van der Waals surface area contributed by atoms with Crippen molar-refractivity contribution in [2.45, 2.75) is 19.8 Å². The van der Waals surface area contributed by atoms with E-state index in [0.29, 0.717) is 19.6 Å². The number of carbonyl (C=O) groups excluding carboxylic acids is 1. The van der Waals surface area contributed by atoms with Gasteiger partial charge in [-0.05, 0) is 12.8 Å². The van der Waals surface area contributed by atoms with Crippen molar-refractivity contribution in [2.75, 3.05) is 19.8 Å². The van der Waals surface area contributed by atoms with Crippen LogP contribution in [-0.2, 0) is 14.3 Å². The number of aliphatic carboxylic acids is 1. The summed E-state index contributed by atoms with van der Waals surface area (Å²) in [5, 5.41) is 11.5. The highest BCUT2D eigenvalue weighted by molar-refractivity contribution is 5.89. The van der Waals surface area contributed by atoms with E-state index in [1.165, 1.54) is 0 Å². The van der Waals surface area contributed by atoms with Gasteiger partial charge in [0.15, 0.2) is 0 Å². The van der Waals surface area contributed by atoms with E-state index in [1.807, 2.05) is 0 Å². The highest BCUT2D eigenvalue weighted by Crippen LogP contribution is 2.39. The van der Waals surface area contributed by atoms with Gasteiger partial charge in [-0.15, -0.1) is 0 Å². The molecule has 3 unspecified atom stereocenters.